The summed E-state index contributed by atoms with van der Waals surface area (Å²) >= 11 is 0. The van der Waals surface area contributed by atoms with E-state index < -0.39 is 11.4 Å². The minimum absolute atomic E-state index is 0.559. The Bertz CT molecular complexity index is 488. The van der Waals surface area contributed by atoms with E-state index in [0.717, 1.165) is 44.6 Å². The Balaban J connectivity index is 1.93. The van der Waals surface area contributed by atoms with Crippen molar-refractivity contribution in [2.24, 2.45) is 5.41 Å². The van der Waals surface area contributed by atoms with Crippen molar-refractivity contribution in [2.75, 3.05) is 13.1 Å². The number of likely N-dealkylation sites (tertiary alicyclic amines) is 1. The fourth-order valence-corrected chi connectivity index (χ4v) is 2.94. The molecular weight excluding hydrogens is 264 g/mol. The fraction of sp³-hybridized carbons (Fsp3) is 0.529. The third kappa shape index (κ3) is 3.91. The molecule has 0 bridgehead atoms. The molecule has 0 unspecified atom stereocenters. The summed E-state index contributed by atoms with van der Waals surface area (Å²) in [6.45, 7) is 8.19. The van der Waals surface area contributed by atoms with Crippen LogP contribution in [0.15, 0.2) is 31.0 Å². The smallest absolute Gasteiger partial charge is 0.309 e. The highest BCUT2D eigenvalue weighted by Gasteiger charge is 2.40. The number of nitrogens with zero attached hydrogens (tertiary/aromatic N) is 2. The number of aryl methyl sites for hydroxylation is 1. The highest BCUT2D eigenvalue weighted by molar-refractivity contribution is 5.74. The van der Waals surface area contributed by atoms with Crippen molar-refractivity contribution in [1.82, 2.24) is 9.88 Å². The van der Waals surface area contributed by atoms with Gasteiger partial charge in [-0.1, -0.05) is 12.1 Å². The quantitative estimate of drug-likeness (QED) is 0.818. The standard InChI is InChI=1S/C17H24N2O2/c1-3-4-7-17(16(20)21)8-10-19(11-9-17)13-15-6-5-14(2)18-12-15/h3,5-6,12H,1,4,7-11,13H2,2H3,(H,20,21). The molecule has 4 heteroatoms. The summed E-state index contributed by atoms with van der Waals surface area (Å²) < 4.78 is 0. The molecule has 0 aliphatic carbocycles. The van der Waals surface area contributed by atoms with Gasteiger partial charge in [-0.25, -0.2) is 0 Å². The van der Waals surface area contributed by atoms with E-state index in [-0.39, 0.29) is 0 Å². The molecule has 114 valence electrons. The first-order valence-corrected chi connectivity index (χ1v) is 7.54. The summed E-state index contributed by atoms with van der Waals surface area (Å²) in [5.74, 6) is -0.652. The van der Waals surface area contributed by atoms with Crippen molar-refractivity contribution in [3.63, 3.8) is 0 Å². The molecule has 1 aromatic rings. The number of rotatable bonds is 6. The van der Waals surface area contributed by atoms with E-state index in [1.165, 1.54) is 5.56 Å². The molecule has 0 atom stereocenters. The zero-order chi connectivity index (χ0) is 15.3. The normalized spacial score (nSPS) is 18.3. The van der Waals surface area contributed by atoms with Crippen LogP contribution in [-0.2, 0) is 11.3 Å². The predicted molar refractivity (Wildman–Crippen MR) is 83.0 cm³/mol. The van der Waals surface area contributed by atoms with Gasteiger partial charge < -0.3 is 5.11 Å². The van der Waals surface area contributed by atoms with Gasteiger partial charge in [0.25, 0.3) is 0 Å². The Kier molecular flexibility index (Phi) is 5.12. The Morgan fingerprint density at radius 1 is 1.48 bits per heavy atom. The average Bonchev–Trinajstić information content (AvgIpc) is 2.49. The monoisotopic (exact) mass is 288 g/mol. The fourth-order valence-electron chi connectivity index (χ4n) is 2.94. The number of pyridine rings is 1. The minimum Gasteiger partial charge on any atom is -0.481 e. The summed E-state index contributed by atoms with van der Waals surface area (Å²) in [5.41, 5.74) is 1.65. The maximum Gasteiger partial charge on any atom is 0.309 e. The van der Waals surface area contributed by atoms with E-state index in [1.54, 1.807) is 0 Å². The van der Waals surface area contributed by atoms with Gasteiger partial charge in [0.2, 0.25) is 0 Å². The molecule has 1 fully saturated rings. The second-order valence-corrected chi connectivity index (χ2v) is 6.00. The SMILES string of the molecule is C=CCCC1(C(=O)O)CCN(Cc2ccc(C)nc2)CC1. The van der Waals surface area contributed by atoms with Crippen LogP contribution in [0.4, 0.5) is 0 Å². The number of aromatic nitrogens is 1. The molecule has 1 aromatic heterocycles. The Hall–Kier alpha value is -1.68. The maximum atomic E-state index is 11.6. The van der Waals surface area contributed by atoms with E-state index in [0.29, 0.717) is 6.42 Å². The molecule has 0 saturated carbocycles. The van der Waals surface area contributed by atoms with E-state index in [2.05, 4.69) is 22.5 Å². The Morgan fingerprint density at radius 2 is 2.19 bits per heavy atom. The lowest BCUT2D eigenvalue weighted by Crippen LogP contribution is -2.44. The predicted octanol–water partition coefficient (Wildman–Crippen LogP) is 3.02. The van der Waals surface area contributed by atoms with Crippen molar-refractivity contribution >= 4 is 5.97 Å². The molecule has 0 radical (unpaired) electrons. The molecule has 2 heterocycles. The molecule has 4 nitrogen and oxygen atoms in total. The van der Waals surface area contributed by atoms with Gasteiger partial charge in [0, 0.05) is 18.4 Å². The number of carboxylic acid groups (broad SMARTS) is 1. The van der Waals surface area contributed by atoms with Crippen LogP contribution in [0, 0.1) is 12.3 Å². The molecule has 2 rings (SSSR count). The lowest BCUT2D eigenvalue weighted by Gasteiger charge is -2.38. The third-order valence-electron chi connectivity index (χ3n) is 4.47. The summed E-state index contributed by atoms with van der Waals surface area (Å²) in [6.07, 6.45) is 6.63. The summed E-state index contributed by atoms with van der Waals surface area (Å²) in [5, 5.41) is 9.56. The number of hydrogen-bond acceptors (Lipinski definition) is 3. The minimum atomic E-state index is -0.652. The average molecular weight is 288 g/mol. The van der Waals surface area contributed by atoms with Crippen LogP contribution in [0.3, 0.4) is 0 Å². The van der Waals surface area contributed by atoms with E-state index in [1.807, 2.05) is 25.3 Å². The van der Waals surface area contributed by atoms with Gasteiger partial charge in [0.05, 0.1) is 5.41 Å². The first kappa shape index (κ1) is 15.7. The van der Waals surface area contributed by atoms with Gasteiger partial charge >= 0.3 is 5.97 Å². The molecule has 0 aromatic carbocycles. The third-order valence-corrected chi connectivity index (χ3v) is 4.47. The van der Waals surface area contributed by atoms with Crippen molar-refractivity contribution in [3.05, 3.63) is 42.2 Å². The number of carboxylic acids is 1. The van der Waals surface area contributed by atoms with Crippen molar-refractivity contribution in [1.29, 1.82) is 0 Å². The van der Waals surface area contributed by atoms with Gasteiger partial charge in [-0.05, 0) is 57.3 Å². The second kappa shape index (κ2) is 6.85. The van der Waals surface area contributed by atoms with Gasteiger partial charge in [0.15, 0.2) is 0 Å². The number of aliphatic carboxylic acids is 1. The zero-order valence-corrected chi connectivity index (χ0v) is 12.7. The van der Waals surface area contributed by atoms with E-state index in [9.17, 15) is 9.90 Å². The molecule has 1 N–H and O–H groups in total. The number of carbonyl (C=O) groups is 1. The molecule has 21 heavy (non-hydrogen) atoms. The first-order chi connectivity index (χ1) is 10.1. The molecule has 1 saturated heterocycles. The van der Waals surface area contributed by atoms with Crippen LogP contribution in [0.2, 0.25) is 0 Å². The van der Waals surface area contributed by atoms with Gasteiger partial charge in [0.1, 0.15) is 0 Å². The van der Waals surface area contributed by atoms with Gasteiger partial charge in [-0.15, -0.1) is 6.58 Å². The Morgan fingerprint density at radius 3 is 2.71 bits per heavy atom. The summed E-state index contributed by atoms with van der Waals surface area (Å²) in [4.78, 5) is 18.3. The Labute approximate surface area is 126 Å². The van der Waals surface area contributed by atoms with E-state index >= 15 is 0 Å². The van der Waals surface area contributed by atoms with Crippen LogP contribution < -0.4 is 0 Å². The molecule has 1 aliphatic rings. The van der Waals surface area contributed by atoms with Gasteiger partial charge in [-0.3, -0.25) is 14.7 Å². The first-order valence-electron chi connectivity index (χ1n) is 7.54. The van der Waals surface area contributed by atoms with Crippen molar-refractivity contribution in [3.8, 4) is 0 Å². The number of piperidine rings is 1. The van der Waals surface area contributed by atoms with Crippen LogP contribution in [0.25, 0.3) is 0 Å². The van der Waals surface area contributed by atoms with Crippen LogP contribution in [-0.4, -0.2) is 34.0 Å². The van der Waals surface area contributed by atoms with Crippen molar-refractivity contribution < 1.29 is 9.90 Å². The number of hydrogen-bond donors (Lipinski definition) is 1. The molecule has 0 spiro atoms. The maximum absolute atomic E-state index is 11.6. The summed E-state index contributed by atoms with van der Waals surface area (Å²) in [6, 6.07) is 4.12. The summed E-state index contributed by atoms with van der Waals surface area (Å²) in [7, 11) is 0. The van der Waals surface area contributed by atoms with Crippen LogP contribution in [0.1, 0.15) is 36.9 Å². The number of allylic oxidation sites excluding steroid dienone is 1. The lowest BCUT2D eigenvalue weighted by atomic mass is 9.75. The van der Waals surface area contributed by atoms with Crippen molar-refractivity contribution in [2.45, 2.75) is 39.2 Å². The largest absolute Gasteiger partial charge is 0.481 e. The molecule has 0 amide bonds. The molecular formula is C17H24N2O2. The molecule has 1 aliphatic heterocycles. The van der Waals surface area contributed by atoms with E-state index in [4.69, 9.17) is 0 Å². The van der Waals surface area contributed by atoms with Crippen LogP contribution >= 0.6 is 0 Å². The highest BCUT2D eigenvalue weighted by Crippen LogP contribution is 2.37. The second-order valence-electron chi connectivity index (χ2n) is 6.00. The topological polar surface area (TPSA) is 53.4 Å². The van der Waals surface area contributed by atoms with Crippen LogP contribution in [0.5, 0.6) is 0 Å². The lowest BCUT2D eigenvalue weighted by molar-refractivity contribution is -0.152. The highest BCUT2D eigenvalue weighted by atomic mass is 16.4. The zero-order valence-electron chi connectivity index (χ0n) is 12.7. The van der Waals surface area contributed by atoms with Gasteiger partial charge in [-0.2, -0.15) is 0 Å².